The van der Waals surface area contributed by atoms with E-state index in [9.17, 15) is 9.59 Å². The van der Waals surface area contributed by atoms with E-state index in [1.807, 2.05) is 4.90 Å². The quantitative estimate of drug-likeness (QED) is 0.586. The van der Waals surface area contributed by atoms with E-state index in [1.54, 1.807) is 54.4 Å². The molecular formula is C21H23Cl3N4O4. The zero-order valence-corrected chi connectivity index (χ0v) is 20.0. The molecule has 2 aliphatic rings. The Morgan fingerprint density at radius 2 is 1.62 bits per heavy atom. The Bertz CT molecular complexity index is 966. The molecule has 2 amide bonds. The summed E-state index contributed by atoms with van der Waals surface area (Å²) in [7, 11) is 3.25. The van der Waals surface area contributed by atoms with Gasteiger partial charge in [0.1, 0.15) is 17.6 Å². The molecule has 0 aliphatic carbocycles. The van der Waals surface area contributed by atoms with Gasteiger partial charge in [0.25, 0.3) is 5.91 Å². The van der Waals surface area contributed by atoms with E-state index in [-0.39, 0.29) is 17.2 Å². The smallest absolute Gasteiger partial charge is 0.414 e. The van der Waals surface area contributed by atoms with Gasteiger partial charge in [-0.25, -0.2) is 9.78 Å². The summed E-state index contributed by atoms with van der Waals surface area (Å²) in [5.41, 5.74) is 1.29. The highest BCUT2D eigenvalue weighted by Gasteiger charge is 2.26. The van der Waals surface area contributed by atoms with Crippen molar-refractivity contribution in [3.8, 4) is 0 Å². The number of piperazine rings is 1. The number of aromatic nitrogens is 1. The Kier molecular flexibility index (Phi) is 8.42. The van der Waals surface area contributed by atoms with E-state index >= 15 is 0 Å². The third-order valence-corrected chi connectivity index (χ3v) is 5.87. The number of pyridine rings is 1. The van der Waals surface area contributed by atoms with Gasteiger partial charge in [0.15, 0.2) is 0 Å². The van der Waals surface area contributed by atoms with Crippen molar-refractivity contribution in [2.45, 2.75) is 0 Å². The largest absolute Gasteiger partial charge is 0.447 e. The number of cyclic esters (lactones) is 1. The molecule has 2 fully saturated rings. The fraction of sp³-hybridized carbons (Fsp3) is 0.381. The Morgan fingerprint density at radius 1 is 1.00 bits per heavy atom. The maximum Gasteiger partial charge on any atom is 0.414 e. The van der Waals surface area contributed by atoms with Crippen molar-refractivity contribution < 1.29 is 19.1 Å². The Balaban J connectivity index is 0.000000913. The molecule has 0 bridgehead atoms. The zero-order chi connectivity index (χ0) is 23.3. The first-order valence-electron chi connectivity index (χ1n) is 9.86. The number of halogens is 3. The van der Waals surface area contributed by atoms with Gasteiger partial charge >= 0.3 is 6.09 Å². The normalized spacial score (nSPS) is 15.9. The Morgan fingerprint density at radius 3 is 2.19 bits per heavy atom. The molecule has 0 atom stereocenters. The van der Waals surface area contributed by atoms with Gasteiger partial charge in [-0.2, -0.15) is 0 Å². The SMILES string of the molecule is COC.O=C(c1ccc(N2CCOC2=O)cc1)N1CCN(c2nc(Cl)c(Cl)cc2Cl)CC1. The van der Waals surface area contributed by atoms with Crippen molar-refractivity contribution in [2.24, 2.45) is 0 Å². The van der Waals surface area contributed by atoms with Crippen LogP contribution in [0.1, 0.15) is 10.4 Å². The van der Waals surface area contributed by atoms with Crippen LogP contribution in [-0.4, -0.2) is 75.4 Å². The van der Waals surface area contributed by atoms with E-state index in [0.29, 0.717) is 66.4 Å². The lowest BCUT2D eigenvalue weighted by molar-refractivity contribution is 0.0746. The molecule has 2 aliphatic heterocycles. The van der Waals surface area contributed by atoms with Crippen LogP contribution in [0.4, 0.5) is 16.3 Å². The molecule has 32 heavy (non-hydrogen) atoms. The molecular weight excluding hydrogens is 479 g/mol. The van der Waals surface area contributed by atoms with Crippen LogP contribution in [0.2, 0.25) is 15.2 Å². The lowest BCUT2D eigenvalue weighted by Gasteiger charge is -2.36. The number of ether oxygens (including phenoxy) is 2. The van der Waals surface area contributed by atoms with Gasteiger partial charge in [-0.3, -0.25) is 9.69 Å². The molecule has 3 heterocycles. The minimum atomic E-state index is -0.366. The summed E-state index contributed by atoms with van der Waals surface area (Å²) in [5.74, 6) is 0.503. The summed E-state index contributed by atoms with van der Waals surface area (Å²) in [5, 5.41) is 0.932. The lowest BCUT2D eigenvalue weighted by atomic mass is 10.1. The van der Waals surface area contributed by atoms with Crippen molar-refractivity contribution >= 4 is 58.3 Å². The first-order valence-corrected chi connectivity index (χ1v) is 11.0. The minimum Gasteiger partial charge on any atom is -0.447 e. The number of carbonyl (C=O) groups is 2. The summed E-state index contributed by atoms with van der Waals surface area (Å²) >= 11 is 18.2. The van der Waals surface area contributed by atoms with Crippen LogP contribution in [0, 0.1) is 0 Å². The summed E-state index contributed by atoms with van der Waals surface area (Å²) in [4.78, 5) is 34.0. The van der Waals surface area contributed by atoms with Crippen molar-refractivity contribution in [3.05, 3.63) is 51.1 Å². The van der Waals surface area contributed by atoms with Crippen molar-refractivity contribution in [1.29, 1.82) is 0 Å². The Hall–Kier alpha value is -2.26. The van der Waals surface area contributed by atoms with Crippen LogP contribution in [0.3, 0.4) is 0 Å². The van der Waals surface area contributed by atoms with Crippen molar-refractivity contribution in [2.75, 3.05) is 63.4 Å². The topological polar surface area (TPSA) is 75.2 Å². The number of benzene rings is 1. The van der Waals surface area contributed by atoms with Crippen LogP contribution in [0.15, 0.2) is 30.3 Å². The summed E-state index contributed by atoms with van der Waals surface area (Å²) in [6.45, 7) is 3.09. The average molecular weight is 502 g/mol. The molecule has 1 aromatic carbocycles. The molecule has 0 radical (unpaired) electrons. The molecule has 2 aromatic rings. The highest BCUT2D eigenvalue weighted by atomic mass is 35.5. The third kappa shape index (κ3) is 5.56. The van der Waals surface area contributed by atoms with Crippen LogP contribution in [-0.2, 0) is 9.47 Å². The second-order valence-corrected chi connectivity index (χ2v) is 8.24. The van der Waals surface area contributed by atoms with E-state index in [0.717, 1.165) is 0 Å². The molecule has 0 saturated carbocycles. The van der Waals surface area contributed by atoms with Crippen LogP contribution in [0.5, 0.6) is 0 Å². The van der Waals surface area contributed by atoms with Crippen molar-refractivity contribution in [1.82, 2.24) is 9.88 Å². The first-order chi connectivity index (χ1) is 15.3. The van der Waals surface area contributed by atoms with E-state index in [2.05, 4.69) is 9.72 Å². The van der Waals surface area contributed by atoms with Crippen LogP contribution >= 0.6 is 34.8 Å². The molecule has 4 rings (SSSR count). The molecule has 1 aromatic heterocycles. The number of anilines is 2. The van der Waals surface area contributed by atoms with E-state index in [4.69, 9.17) is 39.5 Å². The Labute approximate surface area is 201 Å². The second-order valence-electron chi connectivity index (χ2n) is 7.07. The first kappa shape index (κ1) is 24.4. The monoisotopic (exact) mass is 500 g/mol. The molecule has 172 valence electrons. The van der Waals surface area contributed by atoms with Gasteiger partial charge in [-0.1, -0.05) is 34.8 Å². The molecule has 8 nitrogen and oxygen atoms in total. The number of nitrogens with zero attached hydrogens (tertiary/aromatic N) is 4. The fourth-order valence-electron chi connectivity index (χ4n) is 3.37. The molecule has 11 heteroatoms. The summed E-state index contributed by atoms with van der Waals surface area (Å²) < 4.78 is 9.19. The van der Waals surface area contributed by atoms with Gasteiger partial charge in [-0.05, 0) is 30.3 Å². The minimum absolute atomic E-state index is 0.0617. The molecule has 0 N–H and O–H groups in total. The van der Waals surface area contributed by atoms with Gasteiger partial charge < -0.3 is 19.3 Å². The molecule has 0 unspecified atom stereocenters. The predicted molar refractivity (Wildman–Crippen MR) is 125 cm³/mol. The van der Waals surface area contributed by atoms with Gasteiger partial charge in [0.05, 0.1) is 16.6 Å². The number of hydrogen-bond donors (Lipinski definition) is 0. The van der Waals surface area contributed by atoms with Gasteiger partial charge in [-0.15, -0.1) is 0 Å². The van der Waals surface area contributed by atoms with Crippen molar-refractivity contribution in [3.63, 3.8) is 0 Å². The number of rotatable bonds is 3. The molecule has 2 saturated heterocycles. The number of amides is 2. The number of carbonyl (C=O) groups excluding carboxylic acids is 2. The second kappa shape index (κ2) is 11.0. The maximum atomic E-state index is 12.8. The fourth-order valence-corrected chi connectivity index (χ4v) is 3.99. The third-order valence-electron chi connectivity index (χ3n) is 4.92. The van der Waals surface area contributed by atoms with E-state index < -0.39 is 0 Å². The lowest BCUT2D eigenvalue weighted by Crippen LogP contribution is -2.49. The van der Waals surface area contributed by atoms with E-state index in [1.165, 1.54) is 0 Å². The zero-order valence-electron chi connectivity index (χ0n) is 17.7. The average Bonchev–Trinajstić information content (AvgIpc) is 3.22. The van der Waals surface area contributed by atoms with Gasteiger partial charge in [0, 0.05) is 51.6 Å². The van der Waals surface area contributed by atoms with Gasteiger partial charge in [0.2, 0.25) is 0 Å². The summed E-state index contributed by atoms with van der Waals surface area (Å²) in [6, 6.07) is 8.55. The molecule has 0 spiro atoms. The summed E-state index contributed by atoms with van der Waals surface area (Å²) in [6.07, 6.45) is -0.366. The number of methoxy groups -OCH3 is 1. The predicted octanol–water partition coefficient (Wildman–Crippen LogP) is 4.22. The maximum absolute atomic E-state index is 12.8. The number of hydrogen-bond acceptors (Lipinski definition) is 6. The van der Waals surface area contributed by atoms with Crippen LogP contribution in [0.25, 0.3) is 0 Å². The highest BCUT2D eigenvalue weighted by Crippen LogP contribution is 2.31. The standard InChI is InChI=1S/C19H17Cl3N4O3.C2H6O/c20-14-11-15(21)17(23-16(14)22)24-5-7-25(8-6-24)18(27)12-1-3-13(4-2-12)26-9-10-29-19(26)28;1-3-2/h1-4,11H,5-10H2;1-2H3. The highest BCUT2D eigenvalue weighted by molar-refractivity contribution is 6.42. The van der Waals surface area contributed by atoms with Crippen LogP contribution < -0.4 is 9.80 Å².